The summed E-state index contributed by atoms with van der Waals surface area (Å²) in [5, 5.41) is 6.79. The van der Waals surface area contributed by atoms with Gasteiger partial charge in [0.2, 0.25) is 11.8 Å². The van der Waals surface area contributed by atoms with Crippen molar-refractivity contribution >= 4 is 39.8 Å². The van der Waals surface area contributed by atoms with Crippen molar-refractivity contribution in [3.05, 3.63) is 106 Å². The second-order valence-corrected chi connectivity index (χ2v) is 11.1. The first-order chi connectivity index (χ1) is 19.2. The maximum Gasteiger partial charge on any atom is 0.254 e. The van der Waals surface area contributed by atoms with Gasteiger partial charge in [0.05, 0.1) is 0 Å². The van der Waals surface area contributed by atoms with Gasteiger partial charge in [-0.2, -0.15) is 0 Å². The summed E-state index contributed by atoms with van der Waals surface area (Å²) in [6, 6.07) is 23.3. The fraction of sp³-hybridized carbons (Fsp3) is 0.281. The van der Waals surface area contributed by atoms with Crippen LogP contribution in [0.1, 0.15) is 39.3 Å². The van der Waals surface area contributed by atoms with Crippen molar-refractivity contribution in [3.63, 3.8) is 0 Å². The number of amides is 3. The van der Waals surface area contributed by atoms with Gasteiger partial charge in [-0.25, -0.2) is 0 Å². The lowest BCUT2D eigenvalue weighted by molar-refractivity contribution is -0.142. The Hall–Kier alpha value is -4.01. The topological polar surface area (TPSA) is 95.7 Å². The highest BCUT2D eigenvalue weighted by Gasteiger charge is 2.35. The summed E-state index contributed by atoms with van der Waals surface area (Å²) in [4.78, 5) is 44.8. The number of likely N-dealkylation sites (N-methyl/N-ethyl adjacent to an activating group) is 3. The maximum absolute atomic E-state index is 14.2. The number of thiophene rings is 1. The van der Waals surface area contributed by atoms with E-state index in [-0.39, 0.29) is 23.8 Å². The molecule has 0 radical (unpaired) electrons. The number of hydrogen-bond acceptors (Lipinski definition) is 5. The van der Waals surface area contributed by atoms with Gasteiger partial charge in [-0.15, -0.1) is 11.3 Å². The molecule has 3 atom stereocenters. The van der Waals surface area contributed by atoms with Gasteiger partial charge in [0.25, 0.3) is 5.91 Å². The minimum absolute atomic E-state index is 0.232. The van der Waals surface area contributed by atoms with Crippen LogP contribution < -0.4 is 11.1 Å². The molecule has 7 nitrogen and oxygen atoms in total. The zero-order chi connectivity index (χ0) is 28.8. The van der Waals surface area contributed by atoms with Gasteiger partial charge < -0.3 is 20.9 Å². The first-order valence-electron chi connectivity index (χ1n) is 13.3. The van der Waals surface area contributed by atoms with E-state index in [1.54, 1.807) is 39.3 Å². The molecule has 0 saturated heterocycles. The Labute approximate surface area is 239 Å². The van der Waals surface area contributed by atoms with Gasteiger partial charge in [0.15, 0.2) is 0 Å². The van der Waals surface area contributed by atoms with Crippen LogP contribution in [0, 0.1) is 0 Å². The quantitative estimate of drug-likeness (QED) is 0.302. The van der Waals surface area contributed by atoms with E-state index in [1.165, 1.54) is 21.1 Å². The fourth-order valence-corrected chi connectivity index (χ4v) is 5.60. The van der Waals surface area contributed by atoms with Crippen LogP contribution in [0.25, 0.3) is 10.8 Å². The second-order valence-electron chi connectivity index (χ2n) is 10.1. The van der Waals surface area contributed by atoms with E-state index < -0.39 is 12.1 Å². The minimum Gasteiger partial charge on any atom is -0.357 e. The largest absolute Gasteiger partial charge is 0.357 e. The highest BCUT2D eigenvalue weighted by Crippen LogP contribution is 2.22. The second kappa shape index (κ2) is 12.9. The van der Waals surface area contributed by atoms with Crippen LogP contribution in [0.3, 0.4) is 0 Å². The van der Waals surface area contributed by atoms with E-state index in [9.17, 15) is 14.4 Å². The molecule has 1 heterocycles. The molecule has 0 fully saturated rings. The van der Waals surface area contributed by atoms with Gasteiger partial charge in [0.1, 0.15) is 12.1 Å². The predicted molar refractivity (Wildman–Crippen MR) is 161 cm³/mol. The Balaban J connectivity index is 1.69. The number of benzene rings is 3. The Kier molecular flexibility index (Phi) is 9.34. The van der Waals surface area contributed by atoms with Crippen molar-refractivity contribution in [2.24, 2.45) is 5.73 Å². The van der Waals surface area contributed by atoms with Gasteiger partial charge in [-0.3, -0.25) is 14.4 Å². The average Bonchev–Trinajstić information content (AvgIpc) is 3.50. The molecular weight excluding hydrogens is 520 g/mol. The minimum atomic E-state index is -0.840. The van der Waals surface area contributed by atoms with Crippen molar-refractivity contribution in [2.75, 3.05) is 21.1 Å². The summed E-state index contributed by atoms with van der Waals surface area (Å²) in [5.74, 6) is -0.852. The summed E-state index contributed by atoms with van der Waals surface area (Å²) < 4.78 is 0. The maximum atomic E-state index is 14.2. The smallest absolute Gasteiger partial charge is 0.254 e. The Bertz CT molecular complexity index is 1480. The van der Waals surface area contributed by atoms with E-state index >= 15 is 0 Å². The number of nitrogens with zero attached hydrogens (tertiary/aromatic N) is 2. The molecule has 0 aliphatic carbocycles. The van der Waals surface area contributed by atoms with Crippen molar-refractivity contribution in [2.45, 2.75) is 37.9 Å². The summed E-state index contributed by atoms with van der Waals surface area (Å²) >= 11 is 1.54. The van der Waals surface area contributed by atoms with Crippen molar-refractivity contribution in [3.8, 4) is 0 Å². The molecule has 0 saturated carbocycles. The van der Waals surface area contributed by atoms with Crippen LogP contribution in [0.5, 0.6) is 0 Å². The first kappa shape index (κ1) is 29.0. The number of carbonyl (C=O) groups is 3. The van der Waals surface area contributed by atoms with Gasteiger partial charge >= 0.3 is 0 Å². The van der Waals surface area contributed by atoms with Crippen LogP contribution in [-0.2, 0) is 22.4 Å². The molecule has 0 spiro atoms. The lowest BCUT2D eigenvalue weighted by Crippen LogP contribution is -2.55. The Morgan fingerprint density at radius 3 is 2.27 bits per heavy atom. The third kappa shape index (κ3) is 6.58. The molecule has 40 heavy (non-hydrogen) atoms. The summed E-state index contributed by atoms with van der Waals surface area (Å²) in [7, 11) is 4.85. The Morgan fingerprint density at radius 2 is 1.60 bits per heavy atom. The number of fused-ring (bicyclic) bond motifs is 1. The van der Waals surface area contributed by atoms with E-state index in [0.29, 0.717) is 18.4 Å². The molecule has 4 aromatic rings. The van der Waals surface area contributed by atoms with Crippen LogP contribution in [-0.4, -0.2) is 60.7 Å². The third-order valence-corrected chi connectivity index (χ3v) is 8.21. The molecule has 1 aromatic heterocycles. The zero-order valence-electron chi connectivity index (χ0n) is 23.3. The molecule has 1 unspecified atom stereocenters. The monoisotopic (exact) mass is 556 g/mol. The van der Waals surface area contributed by atoms with E-state index in [1.807, 2.05) is 73.0 Å². The van der Waals surface area contributed by atoms with Crippen molar-refractivity contribution in [1.82, 2.24) is 15.1 Å². The standard InChI is InChI=1S/C32H36N4O3S/c1-21(33)24-11-7-12-26(19-24)31(38)36(4)29(18-22-14-15-23-9-5-6-10-25(23)17-22)32(39)35(3)28(30(37)34-2)20-27-13-8-16-40-27/h5-17,19,21,28-29H,18,20,33H2,1-4H3,(H,34,37)/t21?,28-,29-/m0/s1. The van der Waals surface area contributed by atoms with Crippen molar-refractivity contribution in [1.29, 1.82) is 0 Å². The zero-order valence-corrected chi connectivity index (χ0v) is 24.2. The van der Waals surface area contributed by atoms with Crippen LogP contribution in [0.2, 0.25) is 0 Å². The van der Waals surface area contributed by atoms with E-state index in [4.69, 9.17) is 5.73 Å². The SMILES string of the molecule is CNC(=O)[C@H](Cc1cccs1)N(C)C(=O)[C@H](Cc1ccc2ccccc2c1)N(C)C(=O)c1cccc(C(C)N)c1. The van der Waals surface area contributed by atoms with E-state index in [0.717, 1.165) is 26.8 Å². The van der Waals surface area contributed by atoms with Gasteiger partial charge in [-0.1, -0.05) is 60.7 Å². The molecule has 3 N–H and O–H groups in total. The number of nitrogens with one attached hydrogen (secondary N) is 1. The molecule has 8 heteroatoms. The van der Waals surface area contributed by atoms with Gasteiger partial charge in [-0.05, 0) is 52.4 Å². The molecule has 0 aliphatic heterocycles. The summed E-state index contributed by atoms with van der Waals surface area (Å²) in [5.41, 5.74) is 8.28. The first-order valence-corrected chi connectivity index (χ1v) is 14.2. The van der Waals surface area contributed by atoms with E-state index in [2.05, 4.69) is 5.32 Å². The molecule has 0 bridgehead atoms. The normalized spacial score (nSPS) is 13.3. The van der Waals surface area contributed by atoms with Crippen LogP contribution in [0.15, 0.2) is 84.2 Å². The fourth-order valence-electron chi connectivity index (χ4n) is 4.86. The molecule has 3 amide bonds. The Morgan fingerprint density at radius 1 is 0.850 bits per heavy atom. The highest BCUT2D eigenvalue weighted by atomic mass is 32.1. The van der Waals surface area contributed by atoms with Crippen LogP contribution in [0.4, 0.5) is 0 Å². The number of rotatable bonds is 10. The van der Waals surface area contributed by atoms with Gasteiger partial charge in [0, 0.05) is 50.5 Å². The predicted octanol–water partition coefficient (Wildman–Crippen LogP) is 4.42. The summed E-state index contributed by atoms with van der Waals surface area (Å²) in [6.07, 6.45) is 0.680. The molecular formula is C32H36N4O3S. The molecule has 208 valence electrons. The lowest BCUT2D eigenvalue weighted by atomic mass is 9.98. The number of nitrogens with two attached hydrogens (primary N) is 1. The highest BCUT2D eigenvalue weighted by molar-refractivity contribution is 7.09. The average molecular weight is 557 g/mol. The van der Waals surface area contributed by atoms with Crippen molar-refractivity contribution < 1.29 is 14.4 Å². The summed E-state index contributed by atoms with van der Waals surface area (Å²) in [6.45, 7) is 1.86. The number of carbonyl (C=O) groups excluding carboxylic acids is 3. The molecule has 4 rings (SSSR count). The lowest BCUT2D eigenvalue weighted by Gasteiger charge is -2.34. The molecule has 0 aliphatic rings. The number of hydrogen-bond donors (Lipinski definition) is 2. The van der Waals surface area contributed by atoms with Crippen LogP contribution >= 0.6 is 11.3 Å². The third-order valence-electron chi connectivity index (χ3n) is 7.31. The molecule has 3 aromatic carbocycles.